The molecule has 0 bridgehead atoms. The Balaban J connectivity index is 3.12. The normalized spacial score (nSPS) is 21.3. The van der Waals surface area contributed by atoms with Gasteiger partial charge in [0.2, 0.25) is 11.8 Å². The number of nitrogens with one attached hydrogen (secondary N) is 1. The molecule has 1 saturated heterocycles. The number of carbonyl (C=O) groups is 3. The van der Waals surface area contributed by atoms with Crippen molar-refractivity contribution in [3.63, 3.8) is 0 Å². The fourth-order valence-electron chi connectivity index (χ4n) is 3.71. The van der Waals surface area contributed by atoms with Gasteiger partial charge in [0.1, 0.15) is 12.1 Å². The number of hydrogen-bond donors (Lipinski definition) is 2. The van der Waals surface area contributed by atoms with Gasteiger partial charge in [-0.05, 0) is 31.1 Å². The number of nitrogens with zero attached hydrogens (tertiary/aromatic N) is 3. The second-order valence-electron chi connectivity index (χ2n) is 9.76. The van der Waals surface area contributed by atoms with Crippen molar-refractivity contribution >= 4 is 17.8 Å². The number of hydrogen-bond acceptors (Lipinski definition) is 5. The van der Waals surface area contributed by atoms with Crippen molar-refractivity contribution in [2.45, 2.75) is 72.5 Å². The van der Waals surface area contributed by atoms with E-state index in [0.29, 0.717) is 0 Å². The molecule has 3 atom stereocenters. The minimum absolute atomic E-state index is 0.0164. The summed E-state index contributed by atoms with van der Waals surface area (Å²) in [4.78, 5) is 39.4. The molecule has 172 valence electrons. The first-order valence-corrected chi connectivity index (χ1v) is 10.6. The summed E-state index contributed by atoms with van der Waals surface area (Å²) >= 11 is 0. The first kappa shape index (κ1) is 26.1. The van der Waals surface area contributed by atoms with Crippen LogP contribution >= 0.6 is 0 Å². The fraction of sp³-hybridized carbons (Fsp3) is 0.773. The van der Waals surface area contributed by atoms with Crippen molar-refractivity contribution in [2.24, 2.45) is 11.3 Å². The number of aliphatic carboxylic acids is 1. The SMILES string of the molecule is CC(=C[C@H](C(C)C)N(C)C(=O)[C@@H](NC(=O)C1CCCN(C)N1C)C(C)(C)C)C(=O)O. The van der Waals surface area contributed by atoms with Crippen LogP contribution < -0.4 is 5.32 Å². The van der Waals surface area contributed by atoms with Gasteiger partial charge >= 0.3 is 5.97 Å². The van der Waals surface area contributed by atoms with E-state index in [2.05, 4.69) is 5.32 Å². The number of likely N-dealkylation sites (N-methyl/N-ethyl adjacent to an activating group) is 2. The molecule has 0 aromatic carbocycles. The highest BCUT2D eigenvalue weighted by atomic mass is 16.4. The molecule has 8 heteroatoms. The zero-order chi connectivity index (χ0) is 23.4. The van der Waals surface area contributed by atoms with Crippen LogP contribution in [-0.4, -0.2) is 83.6 Å². The zero-order valence-electron chi connectivity index (χ0n) is 20.0. The highest BCUT2D eigenvalue weighted by molar-refractivity contribution is 5.91. The van der Waals surface area contributed by atoms with Crippen LogP contribution in [0.2, 0.25) is 0 Å². The quantitative estimate of drug-likeness (QED) is 0.607. The molecule has 0 aromatic rings. The van der Waals surface area contributed by atoms with Crippen LogP contribution in [-0.2, 0) is 14.4 Å². The molecule has 0 radical (unpaired) electrons. The van der Waals surface area contributed by atoms with E-state index in [1.807, 2.05) is 58.7 Å². The Labute approximate surface area is 181 Å². The lowest BCUT2D eigenvalue weighted by Crippen LogP contribution is -2.61. The molecule has 1 unspecified atom stereocenters. The molecule has 0 saturated carbocycles. The lowest BCUT2D eigenvalue weighted by molar-refractivity contribution is -0.145. The molecule has 1 heterocycles. The van der Waals surface area contributed by atoms with Crippen LogP contribution in [0.3, 0.4) is 0 Å². The van der Waals surface area contributed by atoms with Gasteiger partial charge in [0.15, 0.2) is 0 Å². The third kappa shape index (κ3) is 6.54. The molecular formula is C22H40N4O4. The summed E-state index contributed by atoms with van der Waals surface area (Å²) in [6.45, 7) is 12.1. The van der Waals surface area contributed by atoms with Gasteiger partial charge in [-0.2, -0.15) is 0 Å². The van der Waals surface area contributed by atoms with Crippen molar-refractivity contribution in [1.82, 2.24) is 20.2 Å². The van der Waals surface area contributed by atoms with Gasteiger partial charge in [-0.1, -0.05) is 40.7 Å². The second kappa shape index (κ2) is 10.4. The van der Waals surface area contributed by atoms with Gasteiger partial charge in [0, 0.05) is 33.3 Å². The monoisotopic (exact) mass is 424 g/mol. The maximum atomic E-state index is 13.5. The maximum absolute atomic E-state index is 13.5. The Morgan fingerprint density at radius 1 is 1.20 bits per heavy atom. The molecule has 0 aromatic heterocycles. The molecule has 1 aliphatic rings. The Hall–Kier alpha value is -1.93. The van der Waals surface area contributed by atoms with Gasteiger partial charge in [-0.3, -0.25) is 9.59 Å². The predicted octanol–water partition coefficient (Wildman–Crippen LogP) is 1.97. The molecule has 8 nitrogen and oxygen atoms in total. The molecule has 1 fully saturated rings. The molecular weight excluding hydrogens is 384 g/mol. The molecule has 0 spiro atoms. The maximum Gasteiger partial charge on any atom is 0.331 e. The van der Waals surface area contributed by atoms with Crippen molar-refractivity contribution in [2.75, 3.05) is 27.7 Å². The van der Waals surface area contributed by atoms with Crippen LogP contribution in [0.5, 0.6) is 0 Å². The second-order valence-corrected chi connectivity index (χ2v) is 9.76. The average Bonchev–Trinajstić information content (AvgIpc) is 2.63. The van der Waals surface area contributed by atoms with Gasteiger partial charge in [-0.25, -0.2) is 14.8 Å². The summed E-state index contributed by atoms with van der Waals surface area (Å²) < 4.78 is 0. The predicted molar refractivity (Wildman–Crippen MR) is 118 cm³/mol. The Kier molecular flexibility index (Phi) is 9.05. The Bertz CT molecular complexity index is 669. The van der Waals surface area contributed by atoms with Crippen molar-refractivity contribution in [1.29, 1.82) is 0 Å². The van der Waals surface area contributed by atoms with E-state index in [-0.39, 0.29) is 35.4 Å². The van der Waals surface area contributed by atoms with Crippen molar-refractivity contribution < 1.29 is 19.5 Å². The highest BCUT2D eigenvalue weighted by Crippen LogP contribution is 2.25. The molecule has 0 aliphatic carbocycles. The van der Waals surface area contributed by atoms with E-state index in [9.17, 15) is 19.5 Å². The summed E-state index contributed by atoms with van der Waals surface area (Å²) in [6.07, 6.45) is 3.26. The van der Waals surface area contributed by atoms with Gasteiger partial charge < -0.3 is 15.3 Å². The Morgan fingerprint density at radius 2 is 1.77 bits per heavy atom. The molecule has 1 rings (SSSR count). The number of hydrazine groups is 1. The average molecular weight is 425 g/mol. The topological polar surface area (TPSA) is 93.2 Å². The standard InChI is InChI=1S/C22H40N4O4/c1-14(2)17(13-15(3)21(29)30)25(8)20(28)18(22(4,5)6)23-19(27)16-11-10-12-24(7)26(16)9/h13-14,16-18H,10-12H2,1-9H3,(H,23,27)(H,29,30)/t16?,17-,18-/m1/s1. The third-order valence-electron chi connectivity index (χ3n) is 5.89. The lowest BCUT2D eigenvalue weighted by atomic mass is 9.84. The lowest BCUT2D eigenvalue weighted by Gasteiger charge is -2.41. The molecule has 1 aliphatic heterocycles. The summed E-state index contributed by atoms with van der Waals surface area (Å²) in [5.41, 5.74) is -0.315. The zero-order valence-corrected chi connectivity index (χ0v) is 20.0. The van der Waals surface area contributed by atoms with Gasteiger partial charge in [-0.15, -0.1) is 0 Å². The molecule has 30 heavy (non-hydrogen) atoms. The van der Waals surface area contributed by atoms with Crippen LogP contribution in [0.25, 0.3) is 0 Å². The Morgan fingerprint density at radius 3 is 2.23 bits per heavy atom. The van der Waals surface area contributed by atoms with Crippen LogP contribution in [0.15, 0.2) is 11.6 Å². The van der Waals surface area contributed by atoms with E-state index >= 15 is 0 Å². The van der Waals surface area contributed by atoms with Gasteiger partial charge in [0.05, 0.1) is 6.04 Å². The summed E-state index contributed by atoms with van der Waals surface area (Å²) in [7, 11) is 5.51. The van der Waals surface area contributed by atoms with Crippen molar-refractivity contribution in [3.8, 4) is 0 Å². The van der Waals surface area contributed by atoms with Crippen LogP contribution in [0.4, 0.5) is 0 Å². The summed E-state index contributed by atoms with van der Waals surface area (Å²) in [6, 6.07) is -1.43. The summed E-state index contributed by atoms with van der Waals surface area (Å²) in [5, 5.41) is 16.2. The van der Waals surface area contributed by atoms with Crippen LogP contribution in [0.1, 0.15) is 54.4 Å². The summed E-state index contributed by atoms with van der Waals surface area (Å²) in [5.74, 6) is -1.38. The fourth-order valence-corrected chi connectivity index (χ4v) is 3.71. The number of carboxylic acids is 1. The van der Waals surface area contributed by atoms with Gasteiger partial charge in [0.25, 0.3) is 0 Å². The van der Waals surface area contributed by atoms with Crippen molar-refractivity contribution in [3.05, 3.63) is 11.6 Å². The van der Waals surface area contributed by atoms with E-state index in [4.69, 9.17) is 0 Å². The van der Waals surface area contributed by atoms with E-state index in [1.54, 1.807) is 18.0 Å². The molecule has 2 N–H and O–H groups in total. The van der Waals surface area contributed by atoms with E-state index < -0.39 is 17.4 Å². The first-order valence-electron chi connectivity index (χ1n) is 10.6. The largest absolute Gasteiger partial charge is 0.478 e. The highest BCUT2D eigenvalue weighted by Gasteiger charge is 2.39. The first-order chi connectivity index (χ1) is 13.7. The third-order valence-corrected chi connectivity index (χ3v) is 5.89. The minimum Gasteiger partial charge on any atom is -0.478 e. The number of carboxylic acid groups (broad SMARTS) is 1. The van der Waals surface area contributed by atoms with Crippen LogP contribution in [0, 0.1) is 11.3 Å². The number of rotatable bonds is 7. The molecule has 2 amide bonds. The van der Waals surface area contributed by atoms with E-state index in [0.717, 1.165) is 19.4 Å². The minimum atomic E-state index is -1.01. The smallest absolute Gasteiger partial charge is 0.331 e. The number of carbonyl (C=O) groups excluding carboxylic acids is 2. The number of amides is 2. The van der Waals surface area contributed by atoms with E-state index in [1.165, 1.54) is 6.92 Å².